The van der Waals surface area contributed by atoms with Gasteiger partial charge in [-0.05, 0) is 24.9 Å². The third kappa shape index (κ3) is 6.47. The van der Waals surface area contributed by atoms with Crippen molar-refractivity contribution in [1.82, 2.24) is 10.2 Å². The molecule has 0 saturated heterocycles. The molecule has 0 rings (SSSR count). The van der Waals surface area contributed by atoms with Crippen LogP contribution in [0.5, 0.6) is 0 Å². The van der Waals surface area contributed by atoms with Crippen molar-refractivity contribution in [3.8, 4) is 0 Å². The molecule has 3 N–H and O–H groups in total. The highest BCUT2D eigenvalue weighted by Crippen LogP contribution is 2.14. The first-order valence-corrected chi connectivity index (χ1v) is 5.58. The Morgan fingerprint density at radius 2 is 2.07 bits per heavy atom. The Balaban J connectivity index is 4.20. The van der Waals surface area contributed by atoms with Crippen molar-refractivity contribution in [2.24, 2.45) is 11.1 Å². The number of nitrogens with two attached hydrogens (primary N) is 1. The van der Waals surface area contributed by atoms with E-state index in [-0.39, 0.29) is 11.3 Å². The Hall–Kier alpha value is -0.610. The summed E-state index contributed by atoms with van der Waals surface area (Å²) in [6.07, 6.45) is 1.05. The van der Waals surface area contributed by atoms with Crippen LogP contribution >= 0.6 is 0 Å². The van der Waals surface area contributed by atoms with E-state index >= 15 is 0 Å². The lowest BCUT2D eigenvalue weighted by Gasteiger charge is -2.31. The highest BCUT2D eigenvalue weighted by atomic mass is 16.1. The van der Waals surface area contributed by atoms with Crippen LogP contribution in [-0.2, 0) is 4.79 Å². The molecular weight excluding hydrogens is 190 g/mol. The summed E-state index contributed by atoms with van der Waals surface area (Å²) < 4.78 is 0. The minimum atomic E-state index is 0.0660. The number of carbonyl (C=O) groups is 1. The van der Waals surface area contributed by atoms with Gasteiger partial charge in [-0.15, -0.1) is 0 Å². The van der Waals surface area contributed by atoms with E-state index < -0.39 is 0 Å². The zero-order chi connectivity index (χ0) is 11.9. The van der Waals surface area contributed by atoms with Gasteiger partial charge in [0.25, 0.3) is 0 Å². The monoisotopic (exact) mass is 215 g/mol. The fraction of sp³-hybridized carbons (Fsp3) is 0.909. The zero-order valence-electron chi connectivity index (χ0n) is 10.5. The van der Waals surface area contributed by atoms with Crippen molar-refractivity contribution in [2.75, 3.05) is 33.2 Å². The largest absolute Gasteiger partial charge is 0.358 e. The minimum absolute atomic E-state index is 0.0660. The van der Waals surface area contributed by atoms with E-state index in [0.29, 0.717) is 13.1 Å². The van der Waals surface area contributed by atoms with Gasteiger partial charge in [-0.25, -0.2) is 0 Å². The van der Waals surface area contributed by atoms with E-state index in [1.54, 1.807) is 7.05 Å². The quantitative estimate of drug-likeness (QED) is 0.647. The highest BCUT2D eigenvalue weighted by molar-refractivity contribution is 5.77. The maximum absolute atomic E-state index is 11.3. The molecule has 15 heavy (non-hydrogen) atoms. The number of carbonyl (C=O) groups excluding carboxylic acids is 1. The van der Waals surface area contributed by atoms with Crippen LogP contribution in [0.15, 0.2) is 0 Å². The first-order valence-electron chi connectivity index (χ1n) is 5.58. The van der Waals surface area contributed by atoms with Gasteiger partial charge in [0.2, 0.25) is 5.91 Å². The van der Waals surface area contributed by atoms with E-state index in [1.165, 1.54) is 0 Å². The Kier molecular flexibility index (Phi) is 6.52. The third-order valence-corrected chi connectivity index (χ3v) is 2.39. The molecule has 0 aliphatic heterocycles. The molecule has 0 aliphatic rings. The third-order valence-electron chi connectivity index (χ3n) is 2.39. The summed E-state index contributed by atoms with van der Waals surface area (Å²) in [5.74, 6) is 0.0660. The molecule has 0 atom stereocenters. The van der Waals surface area contributed by atoms with Crippen molar-refractivity contribution in [1.29, 1.82) is 0 Å². The average Bonchev–Trinajstić information content (AvgIpc) is 2.17. The molecule has 90 valence electrons. The second-order valence-electron chi connectivity index (χ2n) is 4.75. The molecular formula is C11H25N3O. The molecule has 1 amide bonds. The van der Waals surface area contributed by atoms with E-state index in [2.05, 4.69) is 31.0 Å². The highest BCUT2D eigenvalue weighted by Gasteiger charge is 2.20. The van der Waals surface area contributed by atoms with Gasteiger partial charge in [-0.3, -0.25) is 9.69 Å². The van der Waals surface area contributed by atoms with Gasteiger partial charge >= 0.3 is 0 Å². The van der Waals surface area contributed by atoms with Gasteiger partial charge in [0, 0.05) is 13.6 Å². The maximum atomic E-state index is 11.3. The van der Waals surface area contributed by atoms with Crippen molar-refractivity contribution < 1.29 is 4.79 Å². The van der Waals surface area contributed by atoms with Crippen LogP contribution in [0, 0.1) is 5.41 Å². The summed E-state index contributed by atoms with van der Waals surface area (Å²) >= 11 is 0. The molecule has 0 aromatic rings. The first-order chi connectivity index (χ1) is 6.95. The van der Waals surface area contributed by atoms with Gasteiger partial charge in [0.05, 0.1) is 6.54 Å². The molecule has 0 spiro atoms. The molecule has 0 radical (unpaired) electrons. The van der Waals surface area contributed by atoms with Crippen molar-refractivity contribution in [3.05, 3.63) is 0 Å². The lowest BCUT2D eigenvalue weighted by Crippen LogP contribution is -2.43. The van der Waals surface area contributed by atoms with Gasteiger partial charge in [0.1, 0.15) is 0 Å². The van der Waals surface area contributed by atoms with E-state index in [1.807, 2.05) is 0 Å². The molecule has 0 aliphatic carbocycles. The van der Waals surface area contributed by atoms with Crippen LogP contribution in [-0.4, -0.2) is 44.0 Å². The Morgan fingerprint density at radius 3 is 2.47 bits per heavy atom. The summed E-state index contributed by atoms with van der Waals surface area (Å²) in [6, 6.07) is 0. The van der Waals surface area contributed by atoms with Gasteiger partial charge in [-0.1, -0.05) is 20.8 Å². The fourth-order valence-corrected chi connectivity index (χ4v) is 1.48. The molecule has 0 saturated carbocycles. The maximum Gasteiger partial charge on any atom is 0.233 e. The molecule has 0 fully saturated rings. The number of hydrogen-bond acceptors (Lipinski definition) is 3. The summed E-state index contributed by atoms with van der Waals surface area (Å²) in [7, 11) is 1.67. The summed E-state index contributed by atoms with van der Waals surface area (Å²) in [6.45, 7) is 9.28. The van der Waals surface area contributed by atoms with Gasteiger partial charge in [-0.2, -0.15) is 0 Å². The van der Waals surface area contributed by atoms with Crippen LogP contribution in [0.1, 0.15) is 27.2 Å². The van der Waals surface area contributed by atoms with Crippen LogP contribution in [0.4, 0.5) is 0 Å². The van der Waals surface area contributed by atoms with Gasteiger partial charge < -0.3 is 11.1 Å². The van der Waals surface area contributed by atoms with E-state index in [4.69, 9.17) is 5.73 Å². The van der Waals surface area contributed by atoms with Crippen LogP contribution in [0.3, 0.4) is 0 Å². The van der Waals surface area contributed by atoms with E-state index in [9.17, 15) is 4.79 Å². The minimum Gasteiger partial charge on any atom is -0.358 e. The molecule has 0 bridgehead atoms. The lowest BCUT2D eigenvalue weighted by atomic mass is 9.93. The van der Waals surface area contributed by atoms with Crippen LogP contribution in [0.25, 0.3) is 0 Å². The fourth-order valence-electron chi connectivity index (χ4n) is 1.48. The Morgan fingerprint density at radius 1 is 1.47 bits per heavy atom. The molecule has 0 aromatic heterocycles. The van der Waals surface area contributed by atoms with Crippen LogP contribution < -0.4 is 11.1 Å². The molecule has 4 heteroatoms. The van der Waals surface area contributed by atoms with Crippen molar-refractivity contribution in [2.45, 2.75) is 27.2 Å². The first kappa shape index (κ1) is 14.4. The predicted octanol–water partition coefficient (Wildman–Crippen LogP) is 0.429. The van der Waals surface area contributed by atoms with Crippen molar-refractivity contribution in [3.63, 3.8) is 0 Å². The number of rotatable bonds is 7. The number of hydrogen-bond donors (Lipinski definition) is 2. The summed E-state index contributed by atoms with van der Waals surface area (Å²) in [5, 5.41) is 2.65. The number of nitrogens with zero attached hydrogens (tertiary/aromatic N) is 1. The topological polar surface area (TPSA) is 58.4 Å². The summed E-state index contributed by atoms with van der Waals surface area (Å²) in [5.41, 5.74) is 5.76. The summed E-state index contributed by atoms with van der Waals surface area (Å²) in [4.78, 5) is 13.4. The molecule has 0 aromatic carbocycles. The average molecular weight is 215 g/mol. The van der Waals surface area contributed by atoms with Crippen molar-refractivity contribution >= 4 is 5.91 Å². The van der Waals surface area contributed by atoms with Gasteiger partial charge in [0.15, 0.2) is 0 Å². The lowest BCUT2D eigenvalue weighted by molar-refractivity contribution is -0.122. The SMILES string of the molecule is CCCN(CC(=O)NC)CC(C)(C)CN. The Labute approximate surface area is 93.2 Å². The molecule has 0 unspecified atom stereocenters. The predicted molar refractivity (Wildman–Crippen MR) is 63.6 cm³/mol. The van der Waals surface area contributed by atoms with Crippen LogP contribution in [0.2, 0.25) is 0 Å². The molecule has 4 nitrogen and oxygen atoms in total. The number of amides is 1. The normalized spacial score (nSPS) is 11.9. The molecule has 0 heterocycles. The second kappa shape index (κ2) is 6.80. The number of nitrogens with one attached hydrogen (secondary N) is 1. The number of likely N-dealkylation sites (N-methyl/N-ethyl adjacent to an activating group) is 1. The Bertz CT molecular complexity index is 192. The van der Waals surface area contributed by atoms with E-state index in [0.717, 1.165) is 19.5 Å². The second-order valence-corrected chi connectivity index (χ2v) is 4.75. The standard InChI is InChI=1S/C11H25N3O/c1-5-6-14(7-10(15)13-4)9-11(2,3)8-12/h5-9,12H2,1-4H3,(H,13,15). The smallest absolute Gasteiger partial charge is 0.233 e. The zero-order valence-corrected chi connectivity index (χ0v) is 10.5.